The molecule has 0 amide bonds. The fourth-order valence-corrected chi connectivity index (χ4v) is 1.64. The normalized spacial score (nSPS) is 11.3. The smallest absolute Gasteiger partial charge is 0.319 e. The van der Waals surface area contributed by atoms with Crippen LogP contribution in [0.4, 0.5) is 0 Å². The van der Waals surface area contributed by atoms with Gasteiger partial charge in [-0.1, -0.05) is 37.6 Å². The Balaban J connectivity index is 2.65. The second-order valence-electron chi connectivity index (χ2n) is 4.59. The lowest BCUT2D eigenvalue weighted by atomic mass is 9.86. The third-order valence-corrected chi connectivity index (χ3v) is 2.76. The summed E-state index contributed by atoms with van der Waals surface area (Å²) >= 11 is 5.95. The Bertz CT molecular complexity index is 391. The van der Waals surface area contributed by atoms with Crippen LogP contribution < -0.4 is 5.32 Å². The average molecular weight is 256 g/mol. The minimum Gasteiger partial charge on any atom is -0.464 e. The molecule has 1 rings (SSSR count). The maximum absolute atomic E-state index is 11.3. The molecule has 0 aliphatic heterocycles. The topological polar surface area (TPSA) is 38.3 Å². The van der Waals surface area contributed by atoms with E-state index in [1.165, 1.54) is 0 Å². The Kier molecular flexibility index (Phi) is 4.97. The molecule has 94 valence electrons. The number of hydrogen-bond donors (Lipinski definition) is 1. The van der Waals surface area contributed by atoms with Crippen LogP contribution in [0, 0.1) is 0 Å². The van der Waals surface area contributed by atoms with Crippen molar-refractivity contribution in [3.8, 4) is 0 Å². The van der Waals surface area contributed by atoms with E-state index in [1.807, 2.05) is 38.1 Å². The van der Waals surface area contributed by atoms with Gasteiger partial charge >= 0.3 is 5.97 Å². The summed E-state index contributed by atoms with van der Waals surface area (Å²) in [5.41, 5.74) is 0.816. The van der Waals surface area contributed by atoms with Crippen LogP contribution in [0.2, 0.25) is 5.02 Å². The van der Waals surface area contributed by atoms with Crippen LogP contribution in [0.1, 0.15) is 19.4 Å². The zero-order valence-electron chi connectivity index (χ0n) is 10.4. The minimum atomic E-state index is -0.248. The highest BCUT2D eigenvalue weighted by Gasteiger charge is 2.22. The Morgan fingerprint density at radius 3 is 2.76 bits per heavy atom. The van der Waals surface area contributed by atoms with Gasteiger partial charge in [0.15, 0.2) is 0 Å². The van der Waals surface area contributed by atoms with E-state index in [1.54, 1.807) is 7.05 Å². The molecule has 0 bridgehead atoms. The van der Waals surface area contributed by atoms with Crippen LogP contribution >= 0.6 is 11.6 Å². The summed E-state index contributed by atoms with van der Waals surface area (Å²) in [6.45, 7) is 4.61. The summed E-state index contributed by atoms with van der Waals surface area (Å²) in [7, 11) is 1.71. The van der Waals surface area contributed by atoms with Crippen molar-refractivity contribution < 1.29 is 9.53 Å². The predicted octanol–water partition coefficient (Wildman–Crippen LogP) is 2.38. The van der Waals surface area contributed by atoms with Crippen molar-refractivity contribution in [3.05, 3.63) is 34.9 Å². The van der Waals surface area contributed by atoms with Crippen molar-refractivity contribution in [1.29, 1.82) is 0 Å². The highest BCUT2D eigenvalue weighted by molar-refractivity contribution is 6.30. The summed E-state index contributed by atoms with van der Waals surface area (Å²) in [4.78, 5) is 11.3. The van der Waals surface area contributed by atoms with Crippen molar-refractivity contribution >= 4 is 17.6 Å². The van der Waals surface area contributed by atoms with Crippen LogP contribution in [0.25, 0.3) is 0 Å². The molecule has 1 aromatic carbocycles. The maximum atomic E-state index is 11.3. The predicted molar refractivity (Wildman–Crippen MR) is 69.4 cm³/mol. The van der Waals surface area contributed by atoms with Crippen LogP contribution in [0.15, 0.2) is 24.3 Å². The number of carbonyl (C=O) groups excluding carboxylic acids is 1. The number of esters is 1. The fraction of sp³-hybridized carbons (Fsp3) is 0.462. The van der Waals surface area contributed by atoms with Gasteiger partial charge in [-0.3, -0.25) is 4.79 Å². The third-order valence-electron chi connectivity index (χ3n) is 2.52. The first-order valence-electron chi connectivity index (χ1n) is 5.52. The minimum absolute atomic E-state index is 0.228. The van der Waals surface area contributed by atoms with Gasteiger partial charge in [0.2, 0.25) is 0 Å². The lowest BCUT2D eigenvalue weighted by molar-refractivity contribution is -0.144. The van der Waals surface area contributed by atoms with Crippen LogP contribution in [0.3, 0.4) is 0 Å². The fourth-order valence-electron chi connectivity index (χ4n) is 1.45. The quantitative estimate of drug-likeness (QED) is 0.821. The lowest BCUT2D eigenvalue weighted by Gasteiger charge is -2.25. The second kappa shape index (κ2) is 6.03. The summed E-state index contributed by atoms with van der Waals surface area (Å²) in [6.07, 6.45) is 0. The second-order valence-corrected chi connectivity index (χ2v) is 5.02. The van der Waals surface area contributed by atoms with E-state index in [-0.39, 0.29) is 17.9 Å². The molecule has 1 aromatic rings. The molecule has 0 heterocycles. The van der Waals surface area contributed by atoms with E-state index in [0.29, 0.717) is 11.6 Å². The van der Waals surface area contributed by atoms with Gasteiger partial charge in [-0.25, -0.2) is 0 Å². The lowest BCUT2D eigenvalue weighted by Crippen LogP contribution is -2.29. The molecular formula is C13H18ClNO2. The van der Waals surface area contributed by atoms with Crippen molar-refractivity contribution in [2.24, 2.45) is 0 Å². The van der Waals surface area contributed by atoms with Gasteiger partial charge < -0.3 is 10.1 Å². The van der Waals surface area contributed by atoms with Gasteiger partial charge in [-0.2, -0.15) is 0 Å². The number of hydrogen-bond acceptors (Lipinski definition) is 3. The van der Waals surface area contributed by atoms with Crippen LogP contribution in [-0.2, 0) is 14.9 Å². The molecule has 0 fully saturated rings. The number of halogens is 1. The van der Waals surface area contributed by atoms with Gasteiger partial charge in [-0.05, 0) is 24.7 Å². The molecule has 0 radical (unpaired) electrons. The van der Waals surface area contributed by atoms with Crippen molar-refractivity contribution in [1.82, 2.24) is 5.32 Å². The van der Waals surface area contributed by atoms with Gasteiger partial charge in [0, 0.05) is 10.4 Å². The van der Waals surface area contributed by atoms with E-state index < -0.39 is 0 Å². The number of benzene rings is 1. The first-order valence-corrected chi connectivity index (χ1v) is 5.90. The first-order chi connectivity index (χ1) is 7.95. The average Bonchev–Trinajstić information content (AvgIpc) is 2.27. The highest BCUT2D eigenvalue weighted by Crippen LogP contribution is 2.25. The van der Waals surface area contributed by atoms with E-state index in [2.05, 4.69) is 5.32 Å². The molecule has 0 aliphatic carbocycles. The molecule has 0 saturated heterocycles. The largest absolute Gasteiger partial charge is 0.464 e. The maximum Gasteiger partial charge on any atom is 0.319 e. The van der Waals surface area contributed by atoms with Crippen molar-refractivity contribution in [2.75, 3.05) is 20.2 Å². The Morgan fingerprint density at radius 1 is 1.47 bits per heavy atom. The molecule has 0 atom stereocenters. The molecular weight excluding hydrogens is 238 g/mol. The number of nitrogens with one attached hydrogen (secondary N) is 1. The van der Waals surface area contributed by atoms with Gasteiger partial charge in [-0.15, -0.1) is 0 Å². The van der Waals surface area contributed by atoms with Crippen LogP contribution in [0.5, 0.6) is 0 Å². The van der Waals surface area contributed by atoms with Gasteiger partial charge in [0.25, 0.3) is 0 Å². The number of carbonyl (C=O) groups is 1. The van der Waals surface area contributed by atoms with E-state index in [4.69, 9.17) is 16.3 Å². The highest BCUT2D eigenvalue weighted by atomic mass is 35.5. The molecule has 0 aliphatic rings. The standard InChI is InChI=1S/C13H18ClNO2/c1-13(2,9-17-12(16)8-15-3)10-5-4-6-11(14)7-10/h4-7,15H,8-9H2,1-3H3. The summed E-state index contributed by atoms with van der Waals surface area (Å²) in [5, 5.41) is 3.45. The number of likely N-dealkylation sites (N-methyl/N-ethyl adjacent to an activating group) is 1. The molecule has 17 heavy (non-hydrogen) atoms. The SMILES string of the molecule is CNCC(=O)OCC(C)(C)c1cccc(Cl)c1. The van der Waals surface area contributed by atoms with Crippen molar-refractivity contribution in [2.45, 2.75) is 19.3 Å². The molecule has 0 unspecified atom stereocenters. The Hall–Kier alpha value is -1.06. The number of ether oxygens (including phenoxy) is 1. The first kappa shape index (κ1) is 14.0. The molecule has 0 spiro atoms. The molecule has 4 heteroatoms. The monoisotopic (exact) mass is 255 g/mol. The zero-order valence-corrected chi connectivity index (χ0v) is 11.2. The van der Waals surface area contributed by atoms with Gasteiger partial charge in [0.05, 0.1) is 6.54 Å². The number of rotatable bonds is 5. The van der Waals surface area contributed by atoms with E-state index in [0.717, 1.165) is 5.56 Å². The Morgan fingerprint density at radius 2 is 2.18 bits per heavy atom. The van der Waals surface area contributed by atoms with Crippen LogP contribution in [-0.4, -0.2) is 26.2 Å². The molecule has 1 N–H and O–H groups in total. The Labute approximate surface area is 107 Å². The van der Waals surface area contributed by atoms with E-state index in [9.17, 15) is 4.79 Å². The van der Waals surface area contributed by atoms with Gasteiger partial charge in [0.1, 0.15) is 6.61 Å². The third kappa shape index (κ3) is 4.36. The van der Waals surface area contributed by atoms with Crippen molar-refractivity contribution in [3.63, 3.8) is 0 Å². The summed E-state index contributed by atoms with van der Waals surface area (Å²) in [6, 6.07) is 7.61. The summed E-state index contributed by atoms with van der Waals surface area (Å²) < 4.78 is 5.20. The molecule has 3 nitrogen and oxygen atoms in total. The summed E-state index contributed by atoms with van der Waals surface area (Å²) in [5.74, 6) is -0.248. The van der Waals surface area contributed by atoms with E-state index >= 15 is 0 Å². The zero-order chi connectivity index (χ0) is 12.9. The molecule has 0 aromatic heterocycles. The molecule has 0 saturated carbocycles.